The van der Waals surface area contributed by atoms with Gasteiger partial charge in [0.1, 0.15) is 5.75 Å². The quantitative estimate of drug-likeness (QED) is 0.256. The predicted octanol–water partition coefficient (Wildman–Crippen LogP) is 10.4. The molecule has 0 heterocycles. The number of rotatable bonds is 4. The van der Waals surface area contributed by atoms with E-state index in [-0.39, 0.29) is 0 Å². The van der Waals surface area contributed by atoms with Gasteiger partial charge in [-0.15, -0.1) is 0 Å². The van der Waals surface area contributed by atoms with E-state index in [2.05, 4.69) is 140 Å². The van der Waals surface area contributed by atoms with Gasteiger partial charge in [0.25, 0.3) is 0 Å². The molecular weight excluding hydrogens is 472 g/mol. The smallest absolute Gasteiger partial charge is 0.132 e. The van der Waals surface area contributed by atoms with Crippen molar-refractivity contribution in [2.45, 2.75) is 0 Å². The van der Waals surface area contributed by atoms with E-state index in [9.17, 15) is 5.11 Å². The van der Waals surface area contributed by atoms with Crippen LogP contribution in [0.25, 0.3) is 66.1 Å². The predicted molar refractivity (Wildman–Crippen MR) is 165 cm³/mol. The molecule has 184 valence electrons. The van der Waals surface area contributed by atoms with Crippen molar-refractivity contribution in [1.29, 1.82) is 0 Å². The third-order valence-electron chi connectivity index (χ3n) is 7.59. The van der Waals surface area contributed by atoms with Crippen molar-refractivity contribution < 1.29 is 5.11 Å². The summed E-state index contributed by atoms with van der Waals surface area (Å²) in [5.41, 5.74) is 7.88. The number of phenols is 1. The molecule has 1 heteroatoms. The van der Waals surface area contributed by atoms with Crippen LogP contribution in [0.1, 0.15) is 0 Å². The van der Waals surface area contributed by atoms with Gasteiger partial charge in [-0.25, -0.2) is 0 Å². The molecule has 0 aliphatic carbocycles. The Morgan fingerprint density at radius 3 is 1.18 bits per heavy atom. The van der Waals surface area contributed by atoms with Crippen LogP contribution >= 0.6 is 0 Å². The van der Waals surface area contributed by atoms with Gasteiger partial charge in [-0.2, -0.15) is 0 Å². The summed E-state index contributed by atoms with van der Waals surface area (Å²) in [4.78, 5) is 0. The molecule has 0 spiro atoms. The summed E-state index contributed by atoms with van der Waals surface area (Å²) in [6.45, 7) is 0. The molecule has 0 radical (unpaired) electrons. The van der Waals surface area contributed by atoms with Crippen molar-refractivity contribution in [3.05, 3.63) is 152 Å². The maximum absolute atomic E-state index is 12.5. The van der Waals surface area contributed by atoms with E-state index in [1.165, 1.54) is 0 Å². The average Bonchev–Trinajstić information content (AvgIpc) is 3.01. The highest BCUT2D eigenvalue weighted by molar-refractivity contribution is 6.10. The molecule has 1 nitrogen and oxygen atoms in total. The largest absolute Gasteiger partial charge is 0.507 e. The van der Waals surface area contributed by atoms with Gasteiger partial charge in [-0.1, -0.05) is 146 Å². The lowest BCUT2D eigenvalue weighted by atomic mass is 9.82. The SMILES string of the molecule is Oc1c(-c2cccc3ccccc23)c(-c2ccccc2)cc(-c2ccccc2)c1-c1cccc2ccccc12. The number of hydrogen-bond acceptors (Lipinski definition) is 1. The van der Waals surface area contributed by atoms with Crippen molar-refractivity contribution in [3.63, 3.8) is 0 Å². The van der Waals surface area contributed by atoms with E-state index in [4.69, 9.17) is 0 Å². The fourth-order valence-corrected chi connectivity index (χ4v) is 5.79. The maximum Gasteiger partial charge on any atom is 0.132 e. The standard InChI is InChI=1S/C38H26O/c39-38-36(32-23-11-19-26-17-7-9-21-30(26)32)34(28-13-3-1-4-14-28)25-35(29-15-5-2-6-16-29)37(38)33-24-12-20-27-18-8-10-22-31(27)33/h1-25,39H. The molecule has 7 aromatic rings. The van der Waals surface area contributed by atoms with Crippen LogP contribution in [0, 0.1) is 0 Å². The minimum atomic E-state index is 0.294. The Morgan fingerprint density at radius 2 is 0.718 bits per heavy atom. The third-order valence-corrected chi connectivity index (χ3v) is 7.59. The second-order valence-corrected chi connectivity index (χ2v) is 9.86. The minimum Gasteiger partial charge on any atom is -0.507 e. The fraction of sp³-hybridized carbons (Fsp3) is 0. The Kier molecular flexibility index (Phi) is 5.68. The van der Waals surface area contributed by atoms with Crippen molar-refractivity contribution in [2.24, 2.45) is 0 Å². The van der Waals surface area contributed by atoms with Crippen LogP contribution in [0.3, 0.4) is 0 Å². The first-order valence-electron chi connectivity index (χ1n) is 13.3. The lowest BCUT2D eigenvalue weighted by molar-refractivity contribution is 0.480. The molecule has 0 aromatic heterocycles. The molecule has 0 atom stereocenters. The van der Waals surface area contributed by atoms with E-state index in [0.29, 0.717) is 5.75 Å². The van der Waals surface area contributed by atoms with Crippen molar-refractivity contribution in [1.82, 2.24) is 0 Å². The Labute approximate surface area is 228 Å². The molecule has 1 N–H and O–H groups in total. The molecule has 0 saturated carbocycles. The number of phenolic OH excluding ortho intramolecular Hbond substituents is 1. The van der Waals surface area contributed by atoms with E-state index in [1.807, 2.05) is 12.1 Å². The van der Waals surface area contributed by atoms with Gasteiger partial charge in [0.05, 0.1) is 0 Å². The Morgan fingerprint density at radius 1 is 0.333 bits per heavy atom. The second kappa shape index (κ2) is 9.63. The zero-order valence-electron chi connectivity index (χ0n) is 21.4. The molecule has 39 heavy (non-hydrogen) atoms. The molecule has 0 unspecified atom stereocenters. The summed E-state index contributed by atoms with van der Waals surface area (Å²) >= 11 is 0. The molecular formula is C38H26O. The molecule has 7 aromatic carbocycles. The Balaban J connectivity index is 1.67. The van der Waals surface area contributed by atoms with Crippen LogP contribution in [0.15, 0.2) is 152 Å². The van der Waals surface area contributed by atoms with E-state index in [1.54, 1.807) is 0 Å². The summed E-state index contributed by atoms with van der Waals surface area (Å²) in [5.74, 6) is 0.294. The zero-order chi connectivity index (χ0) is 26.2. The van der Waals surface area contributed by atoms with E-state index in [0.717, 1.165) is 66.1 Å². The minimum absolute atomic E-state index is 0.294. The van der Waals surface area contributed by atoms with E-state index < -0.39 is 0 Å². The van der Waals surface area contributed by atoms with Gasteiger partial charge in [0, 0.05) is 11.1 Å². The molecule has 0 aliphatic rings. The zero-order valence-corrected chi connectivity index (χ0v) is 21.4. The summed E-state index contributed by atoms with van der Waals surface area (Å²) in [5, 5.41) is 17.0. The van der Waals surface area contributed by atoms with Crippen LogP contribution < -0.4 is 0 Å². The average molecular weight is 499 g/mol. The molecule has 0 fully saturated rings. The first-order chi connectivity index (χ1) is 19.3. The molecule has 0 bridgehead atoms. The molecule has 7 rings (SSSR count). The van der Waals surface area contributed by atoms with Crippen molar-refractivity contribution >= 4 is 21.5 Å². The molecule has 0 aliphatic heterocycles. The van der Waals surface area contributed by atoms with Crippen LogP contribution in [-0.4, -0.2) is 5.11 Å². The highest BCUT2D eigenvalue weighted by Crippen LogP contribution is 2.51. The van der Waals surface area contributed by atoms with Crippen LogP contribution in [0.2, 0.25) is 0 Å². The third kappa shape index (κ3) is 3.96. The van der Waals surface area contributed by atoms with Crippen molar-refractivity contribution in [2.75, 3.05) is 0 Å². The summed E-state index contributed by atoms with van der Waals surface area (Å²) in [6.07, 6.45) is 0. The first kappa shape index (κ1) is 23.0. The summed E-state index contributed by atoms with van der Waals surface area (Å²) in [7, 11) is 0. The van der Waals surface area contributed by atoms with E-state index >= 15 is 0 Å². The topological polar surface area (TPSA) is 20.2 Å². The van der Waals surface area contributed by atoms with Crippen LogP contribution in [0.4, 0.5) is 0 Å². The number of benzene rings is 7. The second-order valence-electron chi connectivity index (χ2n) is 9.86. The highest BCUT2D eigenvalue weighted by Gasteiger charge is 2.24. The van der Waals surface area contributed by atoms with Crippen molar-refractivity contribution in [3.8, 4) is 50.3 Å². The lowest BCUT2D eigenvalue weighted by Crippen LogP contribution is -1.95. The van der Waals surface area contributed by atoms with Crippen LogP contribution in [0.5, 0.6) is 5.75 Å². The van der Waals surface area contributed by atoms with Gasteiger partial charge in [0.2, 0.25) is 0 Å². The number of hydrogen-bond donors (Lipinski definition) is 1. The first-order valence-corrected chi connectivity index (χ1v) is 13.3. The van der Waals surface area contributed by atoms with Gasteiger partial charge >= 0.3 is 0 Å². The maximum atomic E-state index is 12.5. The van der Waals surface area contributed by atoms with Gasteiger partial charge in [-0.3, -0.25) is 0 Å². The summed E-state index contributed by atoms with van der Waals surface area (Å²) < 4.78 is 0. The molecule has 0 amide bonds. The number of fused-ring (bicyclic) bond motifs is 2. The monoisotopic (exact) mass is 498 g/mol. The Hall–Kier alpha value is -5.14. The molecule has 0 saturated heterocycles. The van der Waals surface area contributed by atoms with Gasteiger partial charge in [0.15, 0.2) is 0 Å². The van der Waals surface area contributed by atoms with Crippen LogP contribution in [-0.2, 0) is 0 Å². The number of aromatic hydroxyl groups is 1. The highest BCUT2D eigenvalue weighted by atomic mass is 16.3. The van der Waals surface area contributed by atoms with Gasteiger partial charge < -0.3 is 5.11 Å². The summed E-state index contributed by atoms with van der Waals surface area (Å²) in [6, 6.07) is 52.5. The normalized spacial score (nSPS) is 11.2. The lowest BCUT2D eigenvalue weighted by Gasteiger charge is -2.22. The Bertz CT molecular complexity index is 1800. The fourth-order valence-electron chi connectivity index (χ4n) is 5.79. The van der Waals surface area contributed by atoms with Gasteiger partial charge in [-0.05, 0) is 61.0 Å².